The first-order valence-electron chi connectivity index (χ1n) is 24.6. The van der Waals surface area contributed by atoms with E-state index in [2.05, 4.69) is 203 Å². The fraction of sp³-hybridized carbons (Fsp3) is 0.379. The van der Waals surface area contributed by atoms with Gasteiger partial charge < -0.3 is 14.7 Å². The van der Waals surface area contributed by atoms with Crippen molar-refractivity contribution >= 4 is 89.4 Å². The van der Waals surface area contributed by atoms with Crippen LogP contribution in [0.3, 0.4) is 0 Å². The van der Waals surface area contributed by atoms with E-state index in [1.54, 1.807) is 11.1 Å². The molecule has 2 aliphatic carbocycles. The highest BCUT2D eigenvalue weighted by atomic mass is 28.3. The first kappa shape index (κ1) is 40.7. The molecule has 6 heteroatoms. The van der Waals surface area contributed by atoms with Crippen LogP contribution in [0.15, 0.2) is 121 Å². The van der Waals surface area contributed by atoms with Crippen LogP contribution in [-0.2, 0) is 10.8 Å². The Morgan fingerprint density at radius 1 is 0.469 bits per heavy atom. The number of hydrogen-bond acceptors (Lipinski definition) is 3. The van der Waals surface area contributed by atoms with Crippen LogP contribution >= 0.6 is 0 Å². The predicted octanol–water partition coefficient (Wildman–Crippen LogP) is 12.5. The SMILES string of the molecule is CC12CCCCC1(C)N1c3cc(N(c4cccc([Si](C)(C)C)c4)c4cccc([Si](C)(C)C)c4)cc4c3B(c3cccc2c31)c1cc(-c2ccccc2)cc2c1N4C1(C)CCCCC21C. The largest absolute Gasteiger partial charge is 0.335 e. The minimum atomic E-state index is -1.64. The first-order valence-corrected chi connectivity index (χ1v) is 31.6. The number of benzene rings is 6. The van der Waals surface area contributed by atoms with E-state index in [4.69, 9.17) is 0 Å². The summed E-state index contributed by atoms with van der Waals surface area (Å²) < 4.78 is 0. The predicted molar refractivity (Wildman–Crippen MR) is 283 cm³/mol. The summed E-state index contributed by atoms with van der Waals surface area (Å²) in [5.41, 5.74) is 20.0. The van der Waals surface area contributed by atoms with Gasteiger partial charge in [-0.15, -0.1) is 0 Å². The van der Waals surface area contributed by atoms with Gasteiger partial charge in [0.2, 0.25) is 0 Å². The molecule has 4 heterocycles. The van der Waals surface area contributed by atoms with Gasteiger partial charge >= 0.3 is 0 Å². The lowest BCUT2D eigenvalue weighted by Gasteiger charge is -2.55. The van der Waals surface area contributed by atoms with Crippen molar-refractivity contribution < 1.29 is 0 Å². The molecular weight excluding hydrogens is 806 g/mol. The quantitative estimate of drug-likeness (QED) is 0.154. The minimum Gasteiger partial charge on any atom is -0.335 e. The number of rotatable bonds is 6. The van der Waals surface area contributed by atoms with E-state index < -0.39 is 16.1 Å². The summed E-state index contributed by atoms with van der Waals surface area (Å²) >= 11 is 0. The van der Waals surface area contributed by atoms with Crippen molar-refractivity contribution in [1.82, 2.24) is 0 Å². The zero-order valence-corrected chi connectivity index (χ0v) is 42.1. The van der Waals surface area contributed by atoms with Gasteiger partial charge in [-0.05, 0) is 121 Å². The van der Waals surface area contributed by atoms with Crippen LogP contribution in [0, 0.1) is 0 Å². The molecule has 12 rings (SSSR count). The van der Waals surface area contributed by atoms with Gasteiger partial charge in [0.25, 0.3) is 6.71 Å². The second-order valence-corrected chi connectivity index (χ2v) is 33.8. The molecule has 0 amide bonds. The summed E-state index contributed by atoms with van der Waals surface area (Å²) in [6.07, 6.45) is 9.90. The number of anilines is 7. The molecule has 6 aromatic carbocycles. The summed E-state index contributed by atoms with van der Waals surface area (Å²) in [5, 5.41) is 2.99. The van der Waals surface area contributed by atoms with Crippen LogP contribution in [0.1, 0.15) is 90.2 Å². The Morgan fingerprint density at radius 2 is 0.984 bits per heavy atom. The molecule has 0 radical (unpaired) electrons. The monoisotopic (exact) mass is 871 g/mol. The second-order valence-electron chi connectivity index (χ2n) is 23.6. The lowest BCUT2D eigenvalue weighted by molar-refractivity contribution is 0.194. The topological polar surface area (TPSA) is 9.72 Å². The van der Waals surface area contributed by atoms with Gasteiger partial charge in [-0.3, -0.25) is 0 Å². The van der Waals surface area contributed by atoms with Crippen molar-refractivity contribution in [2.75, 3.05) is 14.7 Å². The average Bonchev–Trinajstić information content (AvgIpc) is 3.62. The third-order valence-electron chi connectivity index (χ3n) is 18.2. The van der Waals surface area contributed by atoms with Gasteiger partial charge in [0, 0.05) is 45.0 Å². The Kier molecular flexibility index (Phi) is 8.53. The maximum absolute atomic E-state index is 2.95. The molecular formula is C58H66BN3Si2. The Labute approximate surface area is 386 Å². The van der Waals surface area contributed by atoms with E-state index in [9.17, 15) is 0 Å². The molecule has 2 saturated carbocycles. The number of nitrogens with zero attached hydrogens (tertiary/aromatic N) is 3. The van der Waals surface area contributed by atoms with Crippen molar-refractivity contribution in [3.05, 3.63) is 132 Å². The summed E-state index contributed by atoms with van der Waals surface area (Å²) in [5.74, 6) is 0. The van der Waals surface area contributed by atoms with Gasteiger partial charge in [0.05, 0.1) is 32.9 Å². The molecule has 2 fully saturated rings. The fourth-order valence-corrected chi connectivity index (χ4v) is 16.6. The van der Waals surface area contributed by atoms with Gasteiger partial charge in [-0.1, -0.05) is 168 Å². The molecule has 4 atom stereocenters. The van der Waals surface area contributed by atoms with Gasteiger partial charge in [0.15, 0.2) is 0 Å². The minimum absolute atomic E-state index is 0.00286. The highest BCUT2D eigenvalue weighted by Crippen LogP contribution is 2.65. The summed E-state index contributed by atoms with van der Waals surface area (Å²) in [6.45, 7) is 25.6. The van der Waals surface area contributed by atoms with Crippen LogP contribution < -0.4 is 41.5 Å². The Bertz CT molecular complexity index is 2860. The average molecular weight is 872 g/mol. The third kappa shape index (κ3) is 5.27. The highest BCUT2D eigenvalue weighted by molar-refractivity contribution is 7.00. The van der Waals surface area contributed by atoms with Gasteiger partial charge in [-0.25, -0.2) is 0 Å². The molecule has 324 valence electrons. The lowest BCUT2D eigenvalue weighted by atomic mass is 9.33. The van der Waals surface area contributed by atoms with Gasteiger partial charge in [0.1, 0.15) is 0 Å². The summed E-state index contributed by atoms with van der Waals surface area (Å²) in [6, 6.07) is 48.6. The van der Waals surface area contributed by atoms with Gasteiger partial charge in [-0.2, -0.15) is 0 Å². The molecule has 6 aromatic rings. The van der Waals surface area contributed by atoms with Crippen LogP contribution in [0.25, 0.3) is 11.1 Å². The number of para-hydroxylation sites is 1. The van der Waals surface area contributed by atoms with Crippen molar-refractivity contribution in [1.29, 1.82) is 0 Å². The molecule has 0 N–H and O–H groups in total. The van der Waals surface area contributed by atoms with Crippen LogP contribution in [0.2, 0.25) is 39.3 Å². The Morgan fingerprint density at radius 3 is 1.55 bits per heavy atom. The normalized spacial score (nSPS) is 25.9. The highest BCUT2D eigenvalue weighted by Gasteiger charge is 2.65. The Balaban J connectivity index is 1.22. The molecule has 0 bridgehead atoms. The smallest absolute Gasteiger partial charge is 0.252 e. The Hall–Kier alpha value is -4.78. The fourth-order valence-electron chi connectivity index (χ4n) is 14.2. The molecule has 6 aliphatic rings. The molecule has 64 heavy (non-hydrogen) atoms. The standard InChI is InChI=1S/C58H66BN3Si2/c1-55-29-14-16-31-57(55,3)61-50-37-43(60(41-23-18-25-44(35-41)63(5,6)7)42-24-19-26-45(36-42)64(8,9)10)38-51-52(50)59(48-28-20-27-46(55)53(48)61)49-34-40(39-21-12-11-13-22-39)33-47-54(49)62(51)58(4)32-17-15-30-56(47,58)2/h11-13,18-28,33-38H,14-17,29-32H2,1-10H3. The molecule has 3 nitrogen and oxygen atoms in total. The molecule has 0 spiro atoms. The maximum atomic E-state index is 2.95. The van der Waals surface area contributed by atoms with Crippen molar-refractivity contribution in [2.24, 2.45) is 0 Å². The number of hydrogen-bond donors (Lipinski definition) is 0. The zero-order valence-electron chi connectivity index (χ0n) is 40.1. The third-order valence-corrected chi connectivity index (χ3v) is 22.3. The van der Waals surface area contributed by atoms with Crippen LogP contribution in [0.4, 0.5) is 39.8 Å². The molecule has 0 aromatic heterocycles. The summed E-state index contributed by atoms with van der Waals surface area (Å²) in [7, 11) is -3.27. The first-order chi connectivity index (χ1) is 30.5. The van der Waals surface area contributed by atoms with E-state index in [0.29, 0.717) is 0 Å². The van der Waals surface area contributed by atoms with Crippen molar-refractivity contribution in [3.8, 4) is 11.1 Å². The maximum Gasteiger partial charge on any atom is 0.252 e. The van der Waals surface area contributed by atoms with E-state index in [1.165, 1.54) is 129 Å². The van der Waals surface area contributed by atoms with Crippen LogP contribution in [-0.4, -0.2) is 33.9 Å². The summed E-state index contributed by atoms with van der Waals surface area (Å²) in [4.78, 5) is 8.55. The molecule has 4 unspecified atom stereocenters. The molecule has 4 aliphatic heterocycles. The second kappa shape index (κ2) is 13.4. The molecule has 0 saturated heterocycles. The number of fused-ring (bicyclic) bond motifs is 10. The van der Waals surface area contributed by atoms with Crippen molar-refractivity contribution in [3.63, 3.8) is 0 Å². The van der Waals surface area contributed by atoms with E-state index >= 15 is 0 Å². The van der Waals surface area contributed by atoms with E-state index in [-0.39, 0.29) is 28.6 Å². The lowest BCUT2D eigenvalue weighted by Crippen LogP contribution is -2.66. The van der Waals surface area contributed by atoms with Crippen molar-refractivity contribution in [2.45, 2.75) is 140 Å². The van der Waals surface area contributed by atoms with E-state index in [0.717, 1.165) is 0 Å². The zero-order chi connectivity index (χ0) is 44.3. The van der Waals surface area contributed by atoms with Crippen LogP contribution in [0.5, 0.6) is 0 Å². The van der Waals surface area contributed by atoms with E-state index in [1.807, 2.05) is 0 Å².